The fourth-order valence-corrected chi connectivity index (χ4v) is 12.0. The second-order valence-electron chi connectivity index (χ2n) is 15.3. The van der Waals surface area contributed by atoms with Crippen molar-refractivity contribution in [1.82, 2.24) is 5.32 Å². The van der Waals surface area contributed by atoms with E-state index >= 15 is 0 Å². The van der Waals surface area contributed by atoms with Gasteiger partial charge >= 0.3 is 5.97 Å². The average Bonchev–Trinajstić information content (AvgIpc) is 3.51. The molecule has 2 heterocycles. The molecule has 0 bridgehead atoms. The van der Waals surface area contributed by atoms with E-state index in [0.717, 1.165) is 43.9 Å². The van der Waals surface area contributed by atoms with Crippen molar-refractivity contribution in [2.45, 2.75) is 143 Å². The molecule has 2 aliphatic heterocycles. The molecule has 5 aliphatic carbocycles. The van der Waals surface area contributed by atoms with E-state index in [1.165, 1.54) is 64.7 Å². The molecule has 10 unspecified atom stereocenters. The first-order chi connectivity index (χ1) is 19.1. The standard InChI is InChI=1S/C32H51NO5.C2H6.H2S/c1-19(36-20(2)34)24-8-6-22-25(37-24)16-23-21-7-9-26-29(3,4)27(38-28-17-33-14-15-35-28)10-11-32(26)18-31(21,32)13-12-30(22,23)5;1-2;/h19,21-28,33H,6-18H2,1-5H3;1-2H3;1H2/t19-,21?,22?,23?,24?,25?,26?,27+,28?,30?,31?,32?;;/m1../s1. The molecule has 0 aromatic rings. The van der Waals surface area contributed by atoms with E-state index in [0.29, 0.717) is 34.4 Å². The van der Waals surface area contributed by atoms with Gasteiger partial charge in [-0.3, -0.25) is 4.79 Å². The number of esters is 1. The molecule has 0 aromatic carbocycles. The second kappa shape index (κ2) is 11.5. The Morgan fingerprint density at radius 2 is 1.71 bits per heavy atom. The van der Waals surface area contributed by atoms with Crippen molar-refractivity contribution in [3.63, 3.8) is 0 Å². The summed E-state index contributed by atoms with van der Waals surface area (Å²) in [6.45, 7) is 17.7. The molecule has 236 valence electrons. The number of carbonyl (C=O) groups is 1. The van der Waals surface area contributed by atoms with Crippen LogP contribution in [0.15, 0.2) is 0 Å². The summed E-state index contributed by atoms with van der Waals surface area (Å²) in [5.41, 5.74) is 1.70. The minimum Gasteiger partial charge on any atom is -0.460 e. The molecule has 12 atom stereocenters. The van der Waals surface area contributed by atoms with Crippen molar-refractivity contribution in [3.05, 3.63) is 0 Å². The van der Waals surface area contributed by atoms with Gasteiger partial charge in [-0.1, -0.05) is 34.6 Å². The molecular weight excluding hydrogens is 534 g/mol. The first-order valence-corrected chi connectivity index (χ1v) is 16.9. The molecule has 0 aromatic heterocycles. The Hall–Kier alpha value is -0.340. The van der Waals surface area contributed by atoms with Crippen molar-refractivity contribution >= 4 is 19.5 Å². The molecule has 5 saturated carbocycles. The van der Waals surface area contributed by atoms with Crippen LogP contribution in [-0.2, 0) is 23.7 Å². The predicted octanol–water partition coefficient (Wildman–Crippen LogP) is 6.61. The Kier molecular flexibility index (Phi) is 9.03. The first-order valence-electron chi connectivity index (χ1n) is 16.9. The van der Waals surface area contributed by atoms with Crippen LogP contribution in [0.3, 0.4) is 0 Å². The first kappa shape index (κ1) is 32.1. The van der Waals surface area contributed by atoms with E-state index in [9.17, 15) is 4.79 Å². The van der Waals surface area contributed by atoms with Crippen molar-refractivity contribution in [2.75, 3.05) is 19.7 Å². The van der Waals surface area contributed by atoms with Crippen LogP contribution in [0.25, 0.3) is 0 Å². The molecule has 41 heavy (non-hydrogen) atoms. The van der Waals surface area contributed by atoms with Gasteiger partial charge < -0.3 is 24.3 Å². The van der Waals surface area contributed by atoms with Crippen molar-refractivity contribution in [2.24, 2.45) is 45.3 Å². The highest BCUT2D eigenvalue weighted by Crippen LogP contribution is 2.87. The third kappa shape index (κ3) is 4.85. The van der Waals surface area contributed by atoms with Crippen LogP contribution in [0.5, 0.6) is 0 Å². The average molecular weight is 594 g/mol. The predicted molar refractivity (Wildman–Crippen MR) is 166 cm³/mol. The molecule has 7 heteroatoms. The maximum atomic E-state index is 11.6. The van der Waals surface area contributed by atoms with Gasteiger partial charge in [0.15, 0.2) is 6.29 Å². The van der Waals surface area contributed by atoms with Crippen LogP contribution >= 0.6 is 13.5 Å². The Morgan fingerprint density at radius 1 is 0.951 bits per heavy atom. The molecule has 2 spiro atoms. The Bertz CT molecular complexity index is 955. The fourth-order valence-electron chi connectivity index (χ4n) is 12.0. The summed E-state index contributed by atoms with van der Waals surface area (Å²) in [6.07, 6.45) is 13.5. The van der Waals surface area contributed by atoms with Crippen LogP contribution < -0.4 is 5.32 Å². The lowest BCUT2D eigenvalue weighted by Crippen LogP contribution is -2.56. The van der Waals surface area contributed by atoms with Gasteiger partial charge in [0.1, 0.15) is 6.10 Å². The highest BCUT2D eigenvalue weighted by molar-refractivity contribution is 7.59. The Morgan fingerprint density at radius 3 is 2.41 bits per heavy atom. The minimum atomic E-state index is -0.195. The van der Waals surface area contributed by atoms with Crippen LogP contribution in [0.4, 0.5) is 0 Å². The number of morpholine rings is 1. The summed E-state index contributed by atoms with van der Waals surface area (Å²) in [5.74, 6) is 2.88. The summed E-state index contributed by atoms with van der Waals surface area (Å²) in [7, 11) is 0. The third-order valence-electron chi connectivity index (χ3n) is 13.6. The Balaban J connectivity index is 0.00000110. The number of hydrogen-bond acceptors (Lipinski definition) is 6. The topological polar surface area (TPSA) is 66.0 Å². The minimum absolute atomic E-state index is 0. The summed E-state index contributed by atoms with van der Waals surface area (Å²) in [5, 5.41) is 3.44. The molecule has 7 aliphatic rings. The summed E-state index contributed by atoms with van der Waals surface area (Å²) in [6, 6.07) is 0. The summed E-state index contributed by atoms with van der Waals surface area (Å²) >= 11 is 0. The normalized spacial score (nSPS) is 49.6. The molecule has 7 fully saturated rings. The smallest absolute Gasteiger partial charge is 0.302 e. The number of rotatable bonds is 4. The summed E-state index contributed by atoms with van der Waals surface area (Å²) in [4.78, 5) is 11.6. The van der Waals surface area contributed by atoms with E-state index < -0.39 is 0 Å². The lowest BCUT2D eigenvalue weighted by molar-refractivity contribution is -0.232. The van der Waals surface area contributed by atoms with Crippen molar-refractivity contribution in [1.29, 1.82) is 0 Å². The highest BCUT2D eigenvalue weighted by Gasteiger charge is 2.80. The zero-order valence-corrected chi connectivity index (χ0v) is 27.9. The van der Waals surface area contributed by atoms with Gasteiger partial charge in [-0.25, -0.2) is 0 Å². The van der Waals surface area contributed by atoms with E-state index in [-0.39, 0.29) is 43.4 Å². The zero-order valence-electron chi connectivity index (χ0n) is 26.9. The van der Waals surface area contributed by atoms with Gasteiger partial charge in [0.05, 0.1) is 24.9 Å². The van der Waals surface area contributed by atoms with Crippen molar-refractivity contribution in [3.8, 4) is 0 Å². The molecule has 2 saturated heterocycles. The van der Waals surface area contributed by atoms with E-state index in [1.807, 2.05) is 20.8 Å². The second-order valence-corrected chi connectivity index (χ2v) is 15.3. The molecule has 1 N–H and O–H groups in total. The maximum absolute atomic E-state index is 11.6. The van der Waals surface area contributed by atoms with E-state index in [4.69, 9.17) is 18.9 Å². The van der Waals surface area contributed by atoms with Crippen molar-refractivity contribution < 1.29 is 23.7 Å². The van der Waals surface area contributed by atoms with Gasteiger partial charge in [-0.15, -0.1) is 0 Å². The third-order valence-corrected chi connectivity index (χ3v) is 13.6. The monoisotopic (exact) mass is 593 g/mol. The highest BCUT2D eigenvalue weighted by atomic mass is 32.1. The molecule has 0 amide bonds. The molecule has 7 rings (SSSR count). The maximum Gasteiger partial charge on any atom is 0.302 e. The zero-order chi connectivity index (χ0) is 28.5. The van der Waals surface area contributed by atoms with Crippen LogP contribution in [0, 0.1) is 45.3 Å². The van der Waals surface area contributed by atoms with Crippen LogP contribution in [0.2, 0.25) is 0 Å². The fraction of sp³-hybridized carbons (Fsp3) is 0.971. The molecular formula is C34H59NO5S. The quantitative estimate of drug-likeness (QED) is 0.370. The number of nitrogens with one attached hydrogen (secondary N) is 1. The van der Waals surface area contributed by atoms with Gasteiger partial charge in [-0.05, 0) is 116 Å². The number of carbonyl (C=O) groups excluding carboxylic acids is 1. The van der Waals surface area contributed by atoms with Gasteiger partial charge in [-0.2, -0.15) is 13.5 Å². The van der Waals surface area contributed by atoms with Gasteiger partial charge in [0, 0.05) is 20.0 Å². The van der Waals surface area contributed by atoms with Crippen LogP contribution in [0.1, 0.15) is 113 Å². The molecule has 6 nitrogen and oxygen atoms in total. The SMILES string of the molecule is CC.CC(=O)O[C@H](C)C1CCC2C(CC3C4CCC5C(C)(C)[C@@H](OC6CNCCO6)CCC56CC46CCC23C)O1.S. The van der Waals surface area contributed by atoms with E-state index in [2.05, 4.69) is 26.1 Å². The molecule has 0 radical (unpaired) electrons. The number of hydrogen-bond donors (Lipinski definition) is 1. The van der Waals surface area contributed by atoms with Gasteiger partial charge in [0.25, 0.3) is 0 Å². The lowest BCUT2D eigenvalue weighted by atomic mass is 9.46. The Labute approximate surface area is 256 Å². The van der Waals surface area contributed by atoms with Gasteiger partial charge in [0.2, 0.25) is 0 Å². The number of ether oxygens (including phenoxy) is 4. The lowest BCUT2D eigenvalue weighted by Gasteiger charge is -2.60. The number of fused-ring (bicyclic) bond motifs is 4. The summed E-state index contributed by atoms with van der Waals surface area (Å²) < 4.78 is 24.9. The van der Waals surface area contributed by atoms with Crippen LogP contribution in [-0.4, -0.2) is 56.4 Å². The van der Waals surface area contributed by atoms with E-state index in [1.54, 1.807) is 0 Å². The largest absolute Gasteiger partial charge is 0.460 e.